The Morgan fingerprint density at radius 3 is 2.39 bits per heavy atom. The molecule has 3 heterocycles. The second-order valence-electron chi connectivity index (χ2n) is 6.32. The topological polar surface area (TPSA) is 47.6 Å². The molecule has 3 N–H and O–H groups in total. The van der Waals surface area contributed by atoms with Crippen molar-refractivity contribution in [2.45, 2.75) is 13.1 Å². The molecule has 2 aromatic rings. The Kier molecular flexibility index (Phi) is 4.11. The Labute approximate surface area is 139 Å². The van der Waals surface area contributed by atoms with Gasteiger partial charge in [0.15, 0.2) is 11.5 Å². The molecule has 0 aliphatic carbocycles. The molecule has 1 fully saturated rings. The maximum Gasteiger partial charge on any atom is 0.231 e. The number of quaternary nitrogens is 2. The van der Waals surface area contributed by atoms with Gasteiger partial charge in [0.05, 0.1) is 5.56 Å². The van der Waals surface area contributed by atoms with Gasteiger partial charge in [-0.1, -0.05) is 0 Å². The van der Waals surface area contributed by atoms with Crippen LogP contribution in [0.2, 0.25) is 0 Å². The van der Waals surface area contributed by atoms with Gasteiger partial charge in [0, 0.05) is 11.6 Å². The number of thiophene rings is 1. The quantitative estimate of drug-likeness (QED) is 0.717. The van der Waals surface area contributed by atoms with Crippen molar-refractivity contribution >= 4 is 11.3 Å². The van der Waals surface area contributed by atoms with E-state index in [9.17, 15) is 5.11 Å². The predicted molar refractivity (Wildman–Crippen MR) is 87.4 cm³/mol. The van der Waals surface area contributed by atoms with E-state index in [1.165, 1.54) is 23.6 Å². The average Bonchev–Trinajstić information content (AvgIpc) is 3.21. The van der Waals surface area contributed by atoms with Crippen molar-refractivity contribution in [1.29, 1.82) is 0 Å². The van der Waals surface area contributed by atoms with Crippen LogP contribution in [0.15, 0.2) is 29.0 Å². The van der Waals surface area contributed by atoms with Crippen LogP contribution in [0.5, 0.6) is 17.2 Å². The third kappa shape index (κ3) is 3.29. The molecule has 0 atom stereocenters. The smallest absolute Gasteiger partial charge is 0.231 e. The van der Waals surface area contributed by atoms with Crippen LogP contribution in [0.1, 0.15) is 11.1 Å². The third-order valence-electron chi connectivity index (χ3n) is 4.71. The molecule has 23 heavy (non-hydrogen) atoms. The molecule has 1 saturated heterocycles. The summed E-state index contributed by atoms with van der Waals surface area (Å²) in [6.07, 6.45) is 0. The minimum atomic E-state index is 0.246. The second kappa shape index (κ2) is 6.39. The zero-order valence-corrected chi connectivity index (χ0v) is 13.8. The van der Waals surface area contributed by atoms with Crippen molar-refractivity contribution in [3.8, 4) is 17.2 Å². The first-order chi connectivity index (χ1) is 11.3. The van der Waals surface area contributed by atoms with E-state index in [1.54, 1.807) is 22.3 Å². The van der Waals surface area contributed by atoms with Crippen LogP contribution in [0.3, 0.4) is 0 Å². The molecule has 4 rings (SSSR count). The van der Waals surface area contributed by atoms with Gasteiger partial charge in [0.1, 0.15) is 45.0 Å². The lowest BCUT2D eigenvalue weighted by molar-refractivity contribution is -1.02. The van der Waals surface area contributed by atoms with Gasteiger partial charge in [-0.3, -0.25) is 0 Å². The van der Waals surface area contributed by atoms with Gasteiger partial charge in [0.25, 0.3) is 0 Å². The van der Waals surface area contributed by atoms with Gasteiger partial charge in [0.2, 0.25) is 6.79 Å². The molecule has 2 aliphatic rings. The fourth-order valence-electron chi connectivity index (χ4n) is 3.38. The number of hydrogen-bond acceptors (Lipinski definition) is 4. The first-order valence-corrected chi connectivity index (χ1v) is 9.02. The lowest BCUT2D eigenvalue weighted by Gasteiger charge is -2.29. The van der Waals surface area contributed by atoms with Crippen LogP contribution in [0.25, 0.3) is 0 Å². The summed E-state index contributed by atoms with van der Waals surface area (Å²) in [5.41, 5.74) is 2.40. The number of ether oxygens (including phenoxy) is 2. The van der Waals surface area contributed by atoms with Crippen LogP contribution in [0, 0.1) is 0 Å². The second-order valence-corrected chi connectivity index (χ2v) is 7.10. The van der Waals surface area contributed by atoms with E-state index in [4.69, 9.17) is 9.47 Å². The molecule has 122 valence electrons. The molecular weight excluding hydrogens is 312 g/mol. The van der Waals surface area contributed by atoms with Crippen LogP contribution >= 0.6 is 11.3 Å². The standard InChI is InChI=1S/C17H20N2O3S/c20-15-8-17-16(21-12-22-17)7-14(15)10-19-4-2-18(3-5-19)9-13-1-6-23-11-13/h1,6-8,11,20H,2-5,9-10,12H2/p+2. The number of aromatic hydroxyl groups is 1. The Hall–Kier alpha value is -1.76. The number of piperazine rings is 1. The van der Waals surface area contributed by atoms with Gasteiger partial charge in [-0.15, -0.1) is 0 Å². The first kappa shape index (κ1) is 14.8. The number of fused-ring (bicyclic) bond motifs is 1. The van der Waals surface area contributed by atoms with Gasteiger partial charge in [-0.05, 0) is 22.9 Å². The first-order valence-electron chi connectivity index (χ1n) is 8.07. The zero-order chi connectivity index (χ0) is 15.6. The Balaban J connectivity index is 1.34. The molecule has 0 saturated carbocycles. The highest BCUT2D eigenvalue weighted by atomic mass is 32.1. The molecule has 6 heteroatoms. The summed E-state index contributed by atoms with van der Waals surface area (Å²) >= 11 is 1.77. The van der Waals surface area contributed by atoms with Crippen LogP contribution in [0.4, 0.5) is 0 Å². The van der Waals surface area contributed by atoms with Crippen LogP contribution in [-0.4, -0.2) is 38.1 Å². The number of rotatable bonds is 4. The summed E-state index contributed by atoms with van der Waals surface area (Å²) < 4.78 is 10.7. The highest BCUT2D eigenvalue weighted by Crippen LogP contribution is 2.37. The number of hydrogen-bond donors (Lipinski definition) is 3. The molecule has 0 amide bonds. The highest BCUT2D eigenvalue weighted by molar-refractivity contribution is 7.07. The average molecular weight is 334 g/mol. The number of nitrogens with one attached hydrogen (secondary N) is 2. The summed E-state index contributed by atoms with van der Waals surface area (Å²) in [6, 6.07) is 5.83. The molecular formula is C17H22N2O3S+2. The number of phenolic OH excluding ortho intramolecular Hbond substituents is 1. The summed E-state index contributed by atoms with van der Waals surface area (Å²) in [5, 5.41) is 14.6. The van der Waals surface area contributed by atoms with E-state index in [-0.39, 0.29) is 6.79 Å². The summed E-state index contributed by atoms with van der Waals surface area (Å²) in [6.45, 7) is 6.84. The van der Waals surface area contributed by atoms with E-state index >= 15 is 0 Å². The van der Waals surface area contributed by atoms with Gasteiger partial charge < -0.3 is 24.4 Å². The summed E-state index contributed by atoms with van der Waals surface area (Å²) in [5.74, 6) is 1.71. The highest BCUT2D eigenvalue weighted by Gasteiger charge is 2.25. The van der Waals surface area contributed by atoms with E-state index in [0.717, 1.165) is 37.5 Å². The van der Waals surface area contributed by atoms with Crippen molar-refractivity contribution in [2.75, 3.05) is 33.0 Å². The molecule has 1 aromatic heterocycles. The summed E-state index contributed by atoms with van der Waals surface area (Å²) in [7, 11) is 0. The Morgan fingerprint density at radius 1 is 1.00 bits per heavy atom. The lowest BCUT2D eigenvalue weighted by Crippen LogP contribution is -3.27. The van der Waals surface area contributed by atoms with Crippen LogP contribution in [-0.2, 0) is 13.1 Å². The van der Waals surface area contributed by atoms with Crippen molar-refractivity contribution in [2.24, 2.45) is 0 Å². The van der Waals surface area contributed by atoms with Crippen molar-refractivity contribution < 1.29 is 24.4 Å². The lowest BCUT2D eigenvalue weighted by atomic mass is 10.1. The van der Waals surface area contributed by atoms with Crippen molar-refractivity contribution in [1.82, 2.24) is 0 Å². The maximum atomic E-state index is 10.2. The number of benzene rings is 1. The van der Waals surface area contributed by atoms with Crippen molar-refractivity contribution in [3.63, 3.8) is 0 Å². The molecule has 5 nitrogen and oxygen atoms in total. The third-order valence-corrected chi connectivity index (χ3v) is 5.44. The van der Waals surface area contributed by atoms with E-state index < -0.39 is 0 Å². The number of phenols is 1. The zero-order valence-electron chi connectivity index (χ0n) is 13.0. The van der Waals surface area contributed by atoms with E-state index in [1.807, 2.05) is 6.07 Å². The van der Waals surface area contributed by atoms with Gasteiger partial charge in [-0.25, -0.2) is 0 Å². The molecule has 0 radical (unpaired) electrons. The van der Waals surface area contributed by atoms with Gasteiger partial charge in [-0.2, -0.15) is 11.3 Å². The fourth-order valence-corrected chi connectivity index (χ4v) is 4.05. The van der Waals surface area contributed by atoms with Crippen LogP contribution < -0.4 is 19.3 Å². The molecule has 2 aliphatic heterocycles. The minimum absolute atomic E-state index is 0.246. The Bertz CT molecular complexity index is 667. The SMILES string of the molecule is Oc1cc2c(cc1C[NH+]1CC[NH+](Cc3ccsc3)CC1)OCO2. The normalized spacial score (nSPS) is 23.1. The van der Waals surface area contributed by atoms with E-state index in [2.05, 4.69) is 16.8 Å². The molecule has 0 spiro atoms. The molecule has 0 unspecified atom stereocenters. The fraction of sp³-hybridized carbons (Fsp3) is 0.412. The predicted octanol–water partition coefficient (Wildman–Crippen LogP) is -0.334. The van der Waals surface area contributed by atoms with Crippen molar-refractivity contribution in [3.05, 3.63) is 40.1 Å². The van der Waals surface area contributed by atoms with Gasteiger partial charge >= 0.3 is 0 Å². The molecule has 0 bridgehead atoms. The largest absolute Gasteiger partial charge is 0.507 e. The minimum Gasteiger partial charge on any atom is -0.507 e. The van der Waals surface area contributed by atoms with E-state index in [0.29, 0.717) is 11.5 Å². The maximum absolute atomic E-state index is 10.2. The monoisotopic (exact) mass is 334 g/mol. The summed E-state index contributed by atoms with van der Waals surface area (Å²) in [4.78, 5) is 3.18. The Morgan fingerprint density at radius 2 is 1.70 bits per heavy atom. The molecule has 1 aromatic carbocycles.